The monoisotopic (exact) mass is 1660 g/mol. The van der Waals surface area contributed by atoms with Crippen molar-refractivity contribution in [2.24, 2.45) is 11.8 Å². The van der Waals surface area contributed by atoms with Crippen molar-refractivity contribution in [3.8, 4) is 0 Å². The molecule has 0 aliphatic carbocycles. The number of hydrogen-bond donors (Lipinski definition) is 3. The van der Waals surface area contributed by atoms with E-state index in [9.17, 15) is 43.2 Å². The molecule has 678 valence electrons. The molecule has 17 nitrogen and oxygen atoms in total. The summed E-state index contributed by atoms with van der Waals surface area (Å²) in [6.07, 6.45) is 82.3. The van der Waals surface area contributed by atoms with E-state index in [4.69, 9.17) is 37.0 Å². The number of phosphoric acid groups is 2. The average molecular weight is 1660 g/mol. The van der Waals surface area contributed by atoms with Crippen molar-refractivity contribution in [3.63, 3.8) is 0 Å². The third-order valence-electron chi connectivity index (χ3n) is 22.5. The molecule has 19 heteroatoms. The lowest BCUT2D eigenvalue weighted by atomic mass is 10.0. The molecule has 3 N–H and O–H groups in total. The van der Waals surface area contributed by atoms with Crippen LogP contribution < -0.4 is 0 Å². The zero-order valence-corrected chi connectivity index (χ0v) is 77.2. The van der Waals surface area contributed by atoms with Gasteiger partial charge in [-0.05, 0) is 37.5 Å². The summed E-state index contributed by atoms with van der Waals surface area (Å²) in [6, 6.07) is 0. The molecule has 5 atom stereocenters. The molecule has 0 rings (SSSR count). The van der Waals surface area contributed by atoms with Crippen LogP contribution in [0.2, 0.25) is 0 Å². The molecule has 0 aliphatic rings. The van der Waals surface area contributed by atoms with Gasteiger partial charge in [0, 0.05) is 25.7 Å². The quantitative estimate of drug-likeness (QED) is 0.0222. The standard InChI is InChI=1S/C95H186O17P2/c1-7-9-11-13-15-17-19-21-23-25-27-29-31-36-40-44-48-52-59-65-71-77-92(97)105-83-90(111-94(99)79-73-68-62-54-50-46-42-38-34-33-35-39-43-47-51-57-63-69-75-87(3)4)85-109-113(101,102)107-81-89(96)82-108-114(103,104)110-86-91(84-106-93(98)78-72-66-60-56-55-58-64-70-76-88(5)6)112-95(100)80-74-67-61-53-49-45-41-37-32-30-28-26-24-22-20-18-16-14-12-10-8-2/h87-91,96H,7-86H2,1-6H3,(H,101,102)(H,103,104)/t89-,90-,91-/m1/s1. The highest BCUT2D eigenvalue weighted by atomic mass is 31.2. The zero-order valence-electron chi connectivity index (χ0n) is 75.4. The van der Waals surface area contributed by atoms with Crippen LogP contribution in [-0.2, 0) is 65.4 Å². The Morgan fingerprint density at radius 2 is 0.404 bits per heavy atom. The van der Waals surface area contributed by atoms with Gasteiger partial charge in [-0.25, -0.2) is 9.13 Å². The van der Waals surface area contributed by atoms with Crippen LogP contribution in [0.25, 0.3) is 0 Å². The second kappa shape index (κ2) is 86.0. The van der Waals surface area contributed by atoms with E-state index in [1.165, 1.54) is 334 Å². The third kappa shape index (κ3) is 87.9. The number of esters is 4. The summed E-state index contributed by atoms with van der Waals surface area (Å²) in [5.74, 6) is -0.547. The lowest BCUT2D eigenvalue weighted by molar-refractivity contribution is -0.161. The molecule has 0 aromatic rings. The third-order valence-corrected chi connectivity index (χ3v) is 24.4. The predicted octanol–water partition coefficient (Wildman–Crippen LogP) is 29.7. The van der Waals surface area contributed by atoms with Crippen LogP contribution in [0.15, 0.2) is 0 Å². The SMILES string of the molecule is CCCCCCCCCCCCCCCCCCCCCCCC(=O)OC[C@H](COP(=O)(O)OC[C@@H](O)COP(=O)(O)OC[C@@H](COC(=O)CCCCCCCCCCC(C)C)OC(=O)CCCCCCCCCCCCCCCCCCCCCCC)OC(=O)CCCCCCCCCCCCCCCCCCCCC(C)C. The largest absolute Gasteiger partial charge is 0.472 e. The maximum Gasteiger partial charge on any atom is 0.472 e. The number of rotatable bonds is 94. The van der Waals surface area contributed by atoms with Crippen LogP contribution >= 0.6 is 15.6 Å². The van der Waals surface area contributed by atoms with Crippen LogP contribution in [0.3, 0.4) is 0 Å². The molecule has 0 spiro atoms. The van der Waals surface area contributed by atoms with E-state index >= 15 is 0 Å². The maximum absolute atomic E-state index is 13.2. The van der Waals surface area contributed by atoms with Crippen molar-refractivity contribution in [1.82, 2.24) is 0 Å². The summed E-state index contributed by atoms with van der Waals surface area (Å²) in [5.41, 5.74) is 0. The Morgan fingerprint density at radius 3 is 0.596 bits per heavy atom. The van der Waals surface area contributed by atoms with Crippen molar-refractivity contribution < 1.29 is 80.2 Å². The van der Waals surface area contributed by atoms with E-state index in [1.807, 2.05) is 0 Å². The molecule has 0 aromatic heterocycles. The summed E-state index contributed by atoms with van der Waals surface area (Å²) in [6.45, 7) is 9.72. The molecule has 0 aliphatic heterocycles. The van der Waals surface area contributed by atoms with Gasteiger partial charge in [-0.3, -0.25) is 37.3 Å². The van der Waals surface area contributed by atoms with Gasteiger partial charge in [-0.2, -0.15) is 0 Å². The Labute approximate surface area is 702 Å². The number of unbranched alkanes of at least 4 members (excludes halogenated alkanes) is 64. The summed E-state index contributed by atoms with van der Waals surface area (Å²) in [5, 5.41) is 10.7. The average Bonchev–Trinajstić information content (AvgIpc) is 0.898. The molecule has 0 radical (unpaired) electrons. The minimum absolute atomic E-state index is 0.109. The normalized spacial score (nSPS) is 13.7. The molecule has 0 amide bonds. The van der Waals surface area contributed by atoms with Crippen molar-refractivity contribution in [1.29, 1.82) is 0 Å². The van der Waals surface area contributed by atoms with Gasteiger partial charge in [0.25, 0.3) is 0 Å². The molecule has 0 saturated carbocycles. The summed E-state index contributed by atoms with van der Waals surface area (Å²) in [7, 11) is -9.94. The van der Waals surface area contributed by atoms with Gasteiger partial charge in [0.15, 0.2) is 12.2 Å². The van der Waals surface area contributed by atoms with E-state index in [-0.39, 0.29) is 25.7 Å². The Hall–Kier alpha value is -1.94. The van der Waals surface area contributed by atoms with Crippen LogP contribution in [0.5, 0.6) is 0 Å². The second-order valence-electron chi connectivity index (χ2n) is 35.1. The van der Waals surface area contributed by atoms with Crippen LogP contribution in [-0.4, -0.2) is 96.7 Å². The first-order valence-electron chi connectivity index (χ1n) is 49.0. The van der Waals surface area contributed by atoms with Crippen molar-refractivity contribution in [2.45, 2.75) is 535 Å². The van der Waals surface area contributed by atoms with Gasteiger partial charge < -0.3 is 33.8 Å². The van der Waals surface area contributed by atoms with Gasteiger partial charge >= 0.3 is 39.5 Å². The van der Waals surface area contributed by atoms with E-state index in [0.29, 0.717) is 25.7 Å². The molecular formula is C95H186O17P2. The second-order valence-corrected chi connectivity index (χ2v) is 38.0. The minimum atomic E-state index is -4.97. The first-order chi connectivity index (χ1) is 55.4. The summed E-state index contributed by atoms with van der Waals surface area (Å²) >= 11 is 0. The first-order valence-corrected chi connectivity index (χ1v) is 52.0. The summed E-state index contributed by atoms with van der Waals surface area (Å²) < 4.78 is 69.2. The van der Waals surface area contributed by atoms with Crippen LogP contribution in [0.4, 0.5) is 0 Å². The lowest BCUT2D eigenvalue weighted by Crippen LogP contribution is -2.30. The molecule has 114 heavy (non-hydrogen) atoms. The van der Waals surface area contributed by atoms with Crippen molar-refractivity contribution in [3.05, 3.63) is 0 Å². The molecular weight excluding hydrogens is 1470 g/mol. The van der Waals surface area contributed by atoms with E-state index in [1.54, 1.807) is 0 Å². The highest BCUT2D eigenvalue weighted by Crippen LogP contribution is 2.45. The number of ether oxygens (including phenoxy) is 4. The fourth-order valence-corrected chi connectivity index (χ4v) is 16.6. The fraction of sp³-hybridized carbons (Fsp3) is 0.958. The number of phosphoric ester groups is 2. The molecule has 0 fully saturated rings. The predicted molar refractivity (Wildman–Crippen MR) is 474 cm³/mol. The Kier molecular flexibility index (Phi) is 84.6. The van der Waals surface area contributed by atoms with E-state index < -0.39 is 97.5 Å². The van der Waals surface area contributed by atoms with E-state index in [0.717, 1.165) is 102 Å². The maximum atomic E-state index is 13.2. The molecule has 0 saturated heterocycles. The smallest absolute Gasteiger partial charge is 0.462 e. The van der Waals surface area contributed by atoms with Gasteiger partial charge in [-0.1, -0.05) is 465 Å². The van der Waals surface area contributed by atoms with Crippen LogP contribution in [0, 0.1) is 11.8 Å². The number of aliphatic hydroxyl groups is 1. The molecule has 0 bridgehead atoms. The number of carbonyl (C=O) groups is 4. The van der Waals surface area contributed by atoms with Gasteiger partial charge in [0.2, 0.25) is 0 Å². The Balaban J connectivity index is 5.22. The minimum Gasteiger partial charge on any atom is -0.462 e. The fourth-order valence-electron chi connectivity index (χ4n) is 15.0. The van der Waals surface area contributed by atoms with Crippen LogP contribution in [0.1, 0.15) is 517 Å². The Morgan fingerprint density at radius 1 is 0.237 bits per heavy atom. The topological polar surface area (TPSA) is 237 Å². The zero-order chi connectivity index (χ0) is 83.4. The number of hydrogen-bond acceptors (Lipinski definition) is 15. The lowest BCUT2D eigenvalue weighted by Gasteiger charge is -2.21. The Bertz CT molecular complexity index is 2170. The van der Waals surface area contributed by atoms with Gasteiger partial charge in [-0.15, -0.1) is 0 Å². The van der Waals surface area contributed by atoms with E-state index in [2.05, 4.69) is 41.5 Å². The highest BCUT2D eigenvalue weighted by molar-refractivity contribution is 7.47. The number of aliphatic hydroxyl groups excluding tert-OH is 1. The van der Waals surface area contributed by atoms with Crippen molar-refractivity contribution >= 4 is 39.5 Å². The molecule has 2 unspecified atom stereocenters. The molecule has 0 heterocycles. The first kappa shape index (κ1) is 112. The van der Waals surface area contributed by atoms with Gasteiger partial charge in [0.1, 0.15) is 19.3 Å². The van der Waals surface area contributed by atoms with Crippen molar-refractivity contribution in [2.75, 3.05) is 39.6 Å². The summed E-state index contributed by atoms with van der Waals surface area (Å²) in [4.78, 5) is 73.5. The highest BCUT2D eigenvalue weighted by Gasteiger charge is 2.31. The molecule has 0 aromatic carbocycles. The van der Waals surface area contributed by atoms with Gasteiger partial charge in [0.05, 0.1) is 26.4 Å². The number of carbonyl (C=O) groups excluding carboxylic acids is 4.